The number of thiophene rings is 1. The van der Waals surface area contributed by atoms with Crippen molar-refractivity contribution in [1.29, 1.82) is 0 Å². The van der Waals surface area contributed by atoms with Gasteiger partial charge >= 0.3 is 0 Å². The fraction of sp³-hybridized carbons (Fsp3) is 0.250. The van der Waals surface area contributed by atoms with Gasteiger partial charge in [0.1, 0.15) is 0 Å². The van der Waals surface area contributed by atoms with Crippen LogP contribution in [0, 0.1) is 5.92 Å². The summed E-state index contributed by atoms with van der Waals surface area (Å²) >= 11 is 7.28. The van der Waals surface area contributed by atoms with Crippen LogP contribution in [-0.4, -0.2) is 24.9 Å². The smallest absolute Gasteiger partial charge is 0.261 e. The molecule has 1 atom stereocenters. The van der Waals surface area contributed by atoms with Gasteiger partial charge in [0, 0.05) is 36.1 Å². The van der Waals surface area contributed by atoms with E-state index < -0.39 is 0 Å². The number of hydrogen-bond acceptors (Lipinski definition) is 3. The van der Waals surface area contributed by atoms with Crippen LogP contribution < -0.4 is 10.2 Å². The molecule has 3 rings (SSSR count). The molecule has 1 aliphatic rings. The molecular formula is C16H15ClN2O2S. The SMILES string of the molecule is O=C(NC[C@@H]1CC(=O)N(c2ccc(Cl)cc2)C1)c1cccs1. The third kappa shape index (κ3) is 3.31. The Labute approximate surface area is 137 Å². The number of halogens is 1. The number of nitrogens with zero attached hydrogens (tertiary/aromatic N) is 1. The largest absolute Gasteiger partial charge is 0.351 e. The lowest BCUT2D eigenvalue weighted by molar-refractivity contribution is -0.117. The standard InChI is InChI=1S/C16H15ClN2O2S/c17-12-3-5-13(6-4-12)19-10-11(8-15(19)20)9-18-16(21)14-2-1-7-22-14/h1-7,11H,8-10H2,(H,18,21)/t11-/m0/s1. The van der Waals surface area contributed by atoms with E-state index in [9.17, 15) is 9.59 Å². The van der Waals surface area contributed by atoms with Crippen molar-refractivity contribution in [2.75, 3.05) is 18.0 Å². The minimum absolute atomic E-state index is 0.0765. The summed E-state index contributed by atoms with van der Waals surface area (Å²) < 4.78 is 0. The summed E-state index contributed by atoms with van der Waals surface area (Å²) in [5.41, 5.74) is 0.849. The predicted molar refractivity (Wildman–Crippen MR) is 88.6 cm³/mol. The summed E-state index contributed by atoms with van der Waals surface area (Å²) in [6.07, 6.45) is 0.452. The zero-order valence-corrected chi connectivity index (χ0v) is 13.4. The van der Waals surface area contributed by atoms with Crippen LogP contribution in [0.15, 0.2) is 41.8 Å². The first kappa shape index (κ1) is 15.1. The average Bonchev–Trinajstić information content (AvgIpc) is 3.15. The maximum Gasteiger partial charge on any atom is 0.261 e. The second kappa shape index (κ2) is 6.50. The molecule has 114 valence electrons. The van der Waals surface area contributed by atoms with E-state index in [2.05, 4.69) is 5.32 Å². The summed E-state index contributed by atoms with van der Waals surface area (Å²) in [4.78, 5) is 26.5. The number of carbonyl (C=O) groups is 2. The first-order valence-electron chi connectivity index (χ1n) is 7.01. The molecule has 0 spiro atoms. The molecule has 0 saturated carbocycles. The van der Waals surface area contributed by atoms with Crippen LogP contribution in [0.1, 0.15) is 16.1 Å². The van der Waals surface area contributed by atoms with Gasteiger partial charge in [-0.2, -0.15) is 0 Å². The molecule has 0 aliphatic carbocycles. The lowest BCUT2D eigenvalue weighted by Gasteiger charge is -2.17. The Morgan fingerprint density at radius 2 is 2.09 bits per heavy atom. The summed E-state index contributed by atoms with van der Waals surface area (Å²) in [7, 11) is 0. The van der Waals surface area contributed by atoms with Crippen LogP contribution in [0.5, 0.6) is 0 Å². The average molecular weight is 335 g/mol. The van der Waals surface area contributed by atoms with Crippen molar-refractivity contribution >= 4 is 40.4 Å². The van der Waals surface area contributed by atoms with E-state index >= 15 is 0 Å². The van der Waals surface area contributed by atoms with Crippen LogP contribution in [0.3, 0.4) is 0 Å². The third-order valence-corrected chi connectivity index (χ3v) is 4.76. The van der Waals surface area contributed by atoms with Gasteiger partial charge in [-0.1, -0.05) is 17.7 Å². The van der Waals surface area contributed by atoms with Gasteiger partial charge in [-0.05, 0) is 35.7 Å². The number of hydrogen-bond donors (Lipinski definition) is 1. The number of anilines is 1. The summed E-state index contributed by atoms with van der Waals surface area (Å²) in [5, 5.41) is 5.42. The molecule has 0 unspecified atom stereocenters. The number of benzene rings is 1. The van der Waals surface area contributed by atoms with Crippen molar-refractivity contribution in [3.05, 3.63) is 51.7 Å². The molecule has 0 bridgehead atoms. The molecule has 1 saturated heterocycles. The van der Waals surface area contributed by atoms with Gasteiger partial charge in [0.2, 0.25) is 5.91 Å². The molecule has 0 radical (unpaired) electrons. The van der Waals surface area contributed by atoms with Crippen molar-refractivity contribution in [2.24, 2.45) is 5.92 Å². The number of carbonyl (C=O) groups excluding carboxylic acids is 2. The molecule has 1 aliphatic heterocycles. The number of nitrogens with one attached hydrogen (secondary N) is 1. The Hall–Kier alpha value is -1.85. The first-order chi connectivity index (χ1) is 10.6. The molecule has 22 heavy (non-hydrogen) atoms. The lowest BCUT2D eigenvalue weighted by Crippen LogP contribution is -2.30. The van der Waals surface area contributed by atoms with E-state index in [-0.39, 0.29) is 17.7 Å². The van der Waals surface area contributed by atoms with E-state index in [0.717, 1.165) is 5.69 Å². The van der Waals surface area contributed by atoms with Gasteiger partial charge in [-0.25, -0.2) is 0 Å². The highest BCUT2D eigenvalue weighted by atomic mass is 35.5. The predicted octanol–water partition coefficient (Wildman–Crippen LogP) is 3.18. The minimum Gasteiger partial charge on any atom is -0.351 e. The lowest BCUT2D eigenvalue weighted by atomic mass is 10.1. The van der Waals surface area contributed by atoms with Crippen molar-refractivity contribution in [1.82, 2.24) is 5.32 Å². The molecule has 2 amide bonds. The number of rotatable bonds is 4. The monoisotopic (exact) mass is 334 g/mol. The van der Waals surface area contributed by atoms with Crippen molar-refractivity contribution in [3.8, 4) is 0 Å². The van der Waals surface area contributed by atoms with Crippen molar-refractivity contribution in [3.63, 3.8) is 0 Å². The Balaban J connectivity index is 1.58. The van der Waals surface area contributed by atoms with Crippen LogP contribution >= 0.6 is 22.9 Å². The molecule has 1 N–H and O–H groups in total. The maximum absolute atomic E-state index is 12.1. The molecular weight excluding hydrogens is 320 g/mol. The summed E-state index contributed by atoms with van der Waals surface area (Å²) in [6, 6.07) is 10.9. The first-order valence-corrected chi connectivity index (χ1v) is 8.27. The van der Waals surface area contributed by atoms with Crippen molar-refractivity contribution < 1.29 is 9.59 Å². The highest BCUT2D eigenvalue weighted by molar-refractivity contribution is 7.12. The fourth-order valence-corrected chi connectivity index (χ4v) is 3.29. The van der Waals surface area contributed by atoms with E-state index in [4.69, 9.17) is 11.6 Å². The Morgan fingerprint density at radius 3 is 2.77 bits per heavy atom. The topological polar surface area (TPSA) is 49.4 Å². The third-order valence-electron chi connectivity index (χ3n) is 3.64. The van der Waals surface area contributed by atoms with Gasteiger partial charge in [-0.3, -0.25) is 9.59 Å². The summed E-state index contributed by atoms with van der Waals surface area (Å²) in [5.74, 6) is 0.136. The summed E-state index contributed by atoms with van der Waals surface area (Å²) in [6.45, 7) is 1.12. The second-order valence-corrected chi connectivity index (χ2v) is 6.62. The van der Waals surface area contributed by atoms with Crippen LogP contribution in [-0.2, 0) is 4.79 Å². The Bertz CT molecular complexity index is 670. The molecule has 1 aromatic carbocycles. The molecule has 2 aromatic rings. The van der Waals surface area contributed by atoms with Crippen LogP contribution in [0.25, 0.3) is 0 Å². The molecule has 4 nitrogen and oxygen atoms in total. The molecule has 1 aromatic heterocycles. The quantitative estimate of drug-likeness (QED) is 0.933. The Morgan fingerprint density at radius 1 is 1.32 bits per heavy atom. The second-order valence-electron chi connectivity index (χ2n) is 5.24. The minimum atomic E-state index is -0.0765. The van der Waals surface area contributed by atoms with Gasteiger partial charge in [0.15, 0.2) is 0 Å². The van der Waals surface area contributed by atoms with E-state index in [1.165, 1.54) is 11.3 Å². The van der Waals surface area contributed by atoms with E-state index in [1.54, 1.807) is 23.1 Å². The van der Waals surface area contributed by atoms with E-state index in [1.807, 2.05) is 23.6 Å². The highest BCUT2D eigenvalue weighted by Crippen LogP contribution is 2.26. The van der Waals surface area contributed by atoms with Crippen molar-refractivity contribution in [2.45, 2.75) is 6.42 Å². The molecule has 6 heteroatoms. The normalized spacial score (nSPS) is 17.8. The zero-order valence-electron chi connectivity index (χ0n) is 11.8. The van der Waals surface area contributed by atoms with Gasteiger partial charge in [0.25, 0.3) is 5.91 Å². The van der Waals surface area contributed by atoms with E-state index in [0.29, 0.717) is 29.4 Å². The van der Waals surface area contributed by atoms with Crippen LogP contribution in [0.2, 0.25) is 5.02 Å². The van der Waals surface area contributed by atoms with Gasteiger partial charge < -0.3 is 10.2 Å². The highest BCUT2D eigenvalue weighted by Gasteiger charge is 2.30. The van der Waals surface area contributed by atoms with Gasteiger partial charge in [0.05, 0.1) is 4.88 Å². The van der Waals surface area contributed by atoms with Crippen LogP contribution in [0.4, 0.5) is 5.69 Å². The Kier molecular flexibility index (Phi) is 4.45. The fourth-order valence-electron chi connectivity index (χ4n) is 2.52. The van der Waals surface area contributed by atoms with Gasteiger partial charge in [-0.15, -0.1) is 11.3 Å². The number of amides is 2. The molecule has 2 heterocycles. The maximum atomic E-state index is 12.1. The molecule has 1 fully saturated rings. The zero-order chi connectivity index (χ0) is 15.5.